The van der Waals surface area contributed by atoms with Gasteiger partial charge < -0.3 is 16.2 Å². The van der Waals surface area contributed by atoms with Crippen molar-refractivity contribution in [3.8, 4) is 26.9 Å². The Morgan fingerprint density at radius 1 is 1.07 bits per heavy atom. The van der Waals surface area contributed by atoms with Gasteiger partial charge >= 0.3 is 0 Å². The van der Waals surface area contributed by atoms with E-state index < -0.39 is 10.0 Å². The first-order valence-electron chi connectivity index (χ1n) is 8.21. The van der Waals surface area contributed by atoms with Crippen LogP contribution >= 0.6 is 22.7 Å². The average Bonchev–Trinajstić information content (AvgIpc) is 3.28. The Morgan fingerprint density at radius 2 is 1.83 bits per heavy atom. The average molecular weight is 446 g/mol. The number of aromatic nitrogens is 2. The van der Waals surface area contributed by atoms with Gasteiger partial charge in [0.2, 0.25) is 10.0 Å². The Morgan fingerprint density at radius 3 is 2.52 bits per heavy atom. The molecular weight excluding hydrogens is 430 g/mol. The highest BCUT2D eigenvalue weighted by atomic mass is 32.2. The summed E-state index contributed by atoms with van der Waals surface area (Å²) in [5.74, 6) is 0.518. The topological polar surface area (TPSA) is 144 Å². The van der Waals surface area contributed by atoms with E-state index in [2.05, 4.69) is 15.3 Å². The first-order chi connectivity index (χ1) is 13.8. The number of sulfonamides is 1. The number of thiazole rings is 2. The fourth-order valence-electron chi connectivity index (χ4n) is 2.57. The van der Waals surface area contributed by atoms with Gasteiger partial charge in [-0.2, -0.15) is 0 Å². The standard InChI is InChI=1S/C18H15N5O3S3/c19-16-15(17-22-14(9-27-17)10-2-1-3-12(24)8-10)28-18(23-16)21-11-4-6-13(7-5-11)29(20,25)26/h1-9,24H,19H2,(H,21,23)(H2,20,25,26). The molecule has 4 rings (SSSR count). The first kappa shape index (κ1) is 19.3. The van der Waals surface area contributed by atoms with Crippen molar-refractivity contribution < 1.29 is 13.5 Å². The first-order valence-corrected chi connectivity index (χ1v) is 11.5. The van der Waals surface area contributed by atoms with E-state index in [0.29, 0.717) is 16.6 Å². The molecule has 2 aromatic carbocycles. The molecule has 2 heterocycles. The molecule has 0 unspecified atom stereocenters. The molecule has 8 nitrogen and oxygen atoms in total. The fraction of sp³-hybridized carbons (Fsp3) is 0. The molecule has 0 radical (unpaired) electrons. The molecule has 29 heavy (non-hydrogen) atoms. The van der Waals surface area contributed by atoms with E-state index in [1.54, 1.807) is 30.3 Å². The van der Waals surface area contributed by atoms with Crippen LogP contribution < -0.4 is 16.2 Å². The van der Waals surface area contributed by atoms with Crippen molar-refractivity contribution in [2.75, 3.05) is 11.1 Å². The summed E-state index contributed by atoms with van der Waals surface area (Å²) in [6.45, 7) is 0. The molecule has 0 saturated heterocycles. The van der Waals surface area contributed by atoms with Gasteiger partial charge in [-0.05, 0) is 36.4 Å². The van der Waals surface area contributed by atoms with Crippen LogP contribution in [0.1, 0.15) is 0 Å². The van der Waals surface area contributed by atoms with E-state index in [1.165, 1.54) is 34.8 Å². The monoisotopic (exact) mass is 445 g/mol. The number of hydrogen-bond donors (Lipinski definition) is 4. The molecular formula is C18H15N5O3S3. The number of phenols is 1. The number of benzene rings is 2. The maximum Gasteiger partial charge on any atom is 0.238 e. The molecule has 6 N–H and O–H groups in total. The number of phenolic OH excluding ortho intramolecular Hbond substituents is 1. The van der Waals surface area contributed by atoms with Crippen LogP contribution in [-0.2, 0) is 10.0 Å². The number of nitrogens with two attached hydrogens (primary N) is 2. The zero-order valence-corrected chi connectivity index (χ0v) is 17.2. The summed E-state index contributed by atoms with van der Waals surface area (Å²) in [6, 6.07) is 12.9. The van der Waals surface area contributed by atoms with Crippen LogP contribution in [0.5, 0.6) is 5.75 Å². The predicted octanol–water partition coefficient (Wildman–Crippen LogP) is 3.61. The lowest BCUT2D eigenvalue weighted by Crippen LogP contribution is -2.11. The summed E-state index contributed by atoms with van der Waals surface area (Å²) in [5, 5.41) is 21.0. The Balaban J connectivity index is 1.57. The molecule has 0 aliphatic carbocycles. The van der Waals surface area contributed by atoms with Crippen LogP contribution in [-0.4, -0.2) is 23.5 Å². The SMILES string of the molecule is Nc1nc(Nc2ccc(S(N)(=O)=O)cc2)sc1-c1nc(-c2cccc(O)c2)cs1. The minimum atomic E-state index is -3.74. The van der Waals surface area contributed by atoms with Gasteiger partial charge in [0.15, 0.2) is 5.13 Å². The van der Waals surface area contributed by atoms with Crippen molar-refractivity contribution in [3.05, 3.63) is 53.9 Å². The van der Waals surface area contributed by atoms with Crippen molar-refractivity contribution >= 4 is 49.3 Å². The zero-order chi connectivity index (χ0) is 20.6. The lowest BCUT2D eigenvalue weighted by molar-refractivity contribution is 0.475. The van der Waals surface area contributed by atoms with Crippen LogP contribution in [0.2, 0.25) is 0 Å². The van der Waals surface area contributed by atoms with E-state index in [0.717, 1.165) is 21.1 Å². The summed E-state index contributed by atoms with van der Waals surface area (Å²) in [4.78, 5) is 9.68. The van der Waals surface area contributed by atoms with E-state index in [1.807, 2.05) is 11.4 Å². The van der Waals surface area contributed by atoms with E-state index in [-0.39, 0.29) is 10.6 Å². The molecule has 0 bridgehead atoms. The highest BCUT2D eigenvalue weighted by Gasteiger charge is 2.16. The van der Waals surface area contributed by atoms with Crippen LogP contribution in [0.25, 0.3) is 21.1 Å². The van der Waals surface area contributed by atoms with Crippen molar-refractivity contribution in [3.63, 3.8) is 0 Å². The third kappa shape index (κ3) is 4.22. The van der Waals surface area contributed by atoms with Gasteiger partial charge in [-0.1, -0.05) is 23.5 Å². The largest absolute Gasteiger partial charge is 0.508 e. The van der Waals surface area contributed by atoms with Crippen LogP contribution in [0.4, 0.5) is 16.6 Å². The number of nitrogen functional groups attached to an aromatic ring is 1. The normalized spacial score (nSPS) is 11.5. The number of aromatic hydroxyl groups is 1. The quantitative estimate of drug-likeness (QED) is 0.367. The second-order valence-electron chi connectivity index (χ2n) is 6.02. The Kier molecular flexibility index (Phi) is 4.96. The second kappa shape index (κ2) is 7.44. The maximum absolute atomic E-state index is 11.3. The summed E-state index contributed by atoms with van der Waals surface area (Å²) >= 11 is 2.77. The Labute approximate surface area is 174 Å². The lowest BCUT2D eigenvalue weighted by atomic mass is 10.2. The second-order valence-corrected chi connectivity index (χ2v) is 9.43. The van der Waals surface area contributed by atoms with Crippen molar-refractivity contribution in [2.45, 2.75) is 4.90 Å². The number of primary sulfonamides is 1. The van der Waals surface area contributed by atoms with Gasteiger partial charge in [0.05, 0.1) is 10.6 Å². The maximum atomic E-state index is 11.3. The molecule has 148 valence electrons. The van der Waals surface area contributed by atoms with E-state index in [4.69, 9.17) is 10.9 Å². The molecule has 0 atom stereocenters. The molecule has 0 saturated carbocycles. The third-order valence-corrected chi connectivity index (χ3v) is 6.84. The van der Waals surface area contributed by atoms with E-state index >= 15 is 0 Å². The summed E-state index contributed by atoms with van der Waals surface area (Å²) < 4.78 is 22.7. The smallest absolute Gasteiger partial charge is 0.238 e. The van der Waals surface area contributed by atoms with Crippen molar-refractivity contribution in [1.29, 1.82) is 0 Å². The predicted molar refractivity (Wildman–Crippen MR) is 116 cm³/mol. The summed E-state index contributed by atoms with van der Waals surface area (Å²) in [5.41, 5.74) is 8.27. The lowest BCUT2D eigenvalue weighted by Gasteiger charge is -2.03. The number of nitrogens with one attached hydrogen (secondary N) is 1. The number of hydrogen-bond acceptors (Lipinski definition) is 9. The minimum absolute atomic E-state index is 0.0321. The van der Waals surface area contributed by atoms with Crippen molar-refractivity contribution in [2.24, 2.45) is 5.14 Å². The summed E-state index contributed by atoms with van der Waals surface area (Å²) in [6.07, 6.45) is 0. The molecule has 0 spiro atoms. The summed E-state index contributed by atoms with van der Waals surface area (Å²) in [7, 11) is -3.74. The van der Waals surface area contributed by atoms with Crippen LogP contribution in [0, 0.1) is 0 Å². The molecule has 0 amide bonds. The number of nitrogens with zero attached hydrogens (tertiary/aromatic N) is 2. The molecule has 4 aromatic rings. The third-order valence-electron chi connectivity index (χ3n) is 3.93. The fourth-order valence-corrected chi connectivity index (χ4v) is 4.91. The number of rotatable bonds is 5. The van der Waals surface area contributed by atoms with Gasteiger partial charge in [0.1, 0.15) is 21.5 Å². The molecule has 11 heteroatoms. The Bertz CT molecular complexity index is 1280. The van der Waals surface area contributed by atoms with Crippen LogP contribution in [0.15, 0.2) is 58.8 Å². The van der Waals surface area contributed by atoms with Gasteiger partial charge in [-0.3, -0.25) is 0 Å². The van der Waals surface area contributed by atoms with E-state index in [9.17, 15) is 13.5 Å². The molecule has 2 aromatic heterocycles. The van der Waals surface area contributed by atoms with Gasteiger partial charge in [0.25, 0.3) is 0 Å². The van der Waals surface area contributed by atoms with Crippen LogP contribution in [0.3, 0.4) is 0 Å². The zero-order valence-electron chi connectivity index (χ0n) is 14.7. The molecule has 0 fully saturated rings. The van der Waals surface area contributed by atoms with Gasteiger partial charge in [-0.25, -0.2) is 23.5 Å². The molecule has 0 aliphatic heterocycles. The molecule has 0 aliphatic rings. The Hall–Kier alpha value is -2.99. The van der Waals surface area contributed by atoms with Crippen molar-refractivity contribution in [1.82, 2.24) is 9.97 Å². The van der Waals surface area contributed by atoms with Gasteiger partial charge in [-0.15, -0.1) is 11.3 Å². The highest BCUT2D eigenvalue weighted by Crippen LogP contribution is 2.39. The van der Waals surface area contributed by atoms with Gasteiger partial charge in [0, 0.05) is 16.6 Å². The highest BCUT2D eigenvalue weighted by molar-refractivity contribution is 7.89. The minimum Gasteiger partial charge on any atom is -0.508 e. The number of anilines is 3.